The van der Waals surface area contributed by atoms with Crippen molar-refractivity contribution in [3.8, 4) is 0 Å². The Balaban J connectivity index is 2.06. The van der Waals surface area contributed by atoms with E-state index in [9.17, 15) is 9.59 Å². The molecule has 2 unspecified atom stereocenters. The zero-order valence-electron chi connectivity index (χ0n) is 14.1. The van der Waals surface area contributed by atoms with Gasteiger partial charge < -0.3 is 9.47 Å². The van der Waals surface area contributed by atoms with Crippen LogP contribution in [-0.2, 0) is 14.3 Å². The molecule has 5 nitrogen and oxygen atoms in total. The Morgan fingerprint density at radius 2 is 1.77 bits per heavy atom. The molecule has 2 aliphatic heterocycles. The fraction of sp³-hybridized carbons (Fsp3) is 0.765. The third-order valence-corrected chi connectivity index (χ3v) is 4.06. The molecule has 2 heterocycles. The van der Waals surface area contributed by atoms with Crippen LogP contribution < -0.4 is 0 Å². The van der Waals surface area contributed by atoms with E-state index in [1.807, 2.05) is 27.7 Å². The molecule has 1 amide bonds. The minimum Gasteiger partial charge on any atom is -0.444 e. The molecule has 0 aliphatic carbocycles. The number of hydrogen-bond donors (Lipinski definition) is 0. The second-order valence-corrected chi connectivity index (χ2v) is 7.50. The third kappa shape index (κ3) is 4.09. The predicted octanol–water partition coefficient (Wildman–Crippen LogP) is 2.94. The Bertz CT molecular complexity index is 452. The van der Waals surface area contributed by atoms with E-state index >= 15 is 0 Å². The van der Waals surface area contributed by atoms with Crippen LogP contribution in [0, 0.1) is 5.92 Å². The van der Waals surface area contributed by atoms with Gasteiger partial charge in [-0.15, -0.1) is 0 Å². The summed E-state index contributed by atoms with van der Waals surface area (Å²) in [5, 5.41) is 0. The fourth-order valence-corrected chi connectivity index (χ4v) is 3.23. The molecule has 2 aliphatic rings. The molecule has 22 heavy (non-hydrogen) atoms. The van der Waals surface area contributed by atoms with Crippen molar-refractivity contribution in [1.82, 2.24) is 4.90 Å². The molecule has 2 rings (SSSR count). The van der Waals surface area contributed by atoms with Gasteiger partial charge in [0.2, 0.25) is 0 Å². The summed E-state index contributed by atoms with van der Waals surface area (Å²) in [6.07, 6.45) is 1.44. The highest BCUT2D eigenvalue weighted by Gasteiger charge is 2.44. The molecule has 0 radical (unpaired) electrons. The van der Waals surface area contributed by atoms with Gasteiger partial charge in [-0.2, -0.15) is 0 Å². The van der Waals surface area contributed by atoms with Gasteiger partial charge in [-0.1, -0.05) is 12.2 Å². The maximum absolute atomic E-state index is 12.4. The molecule has 2 fully saturated rings. The lowest BCUT2D eigenvalue weighted by molar-refractivity contribution is -0.131. The minimum absolute atomic E-state index is 0.00529. The number of carbonyl (C=O) groups excluding carboxylic acids is 2. The molecular formula is C17H27NO4. The first-order valence-corrected chi connectivity index (χ1v) is 7.93. The van der Waals surface area contributed by atoms with Gasteiger partial charge in [0.05, 0.1) is 25.3 Å². The molecule has 2 atom stereocenters. The van der Waals surface area contributed by atoms with Crippen molar-refractivity contribution < 1.29 is 19.1 Å². The summed E-state index contributed by atoms with van der Waals surface area (Å²) >= 11 is 0. The van der Waals surface area contributed by atoms with Crippen LogP contribution in [0.25, 0.3) is 0 Å². The number of carbonyl (C=O) groups is 2. The number of ether oxygens (including phenoxy) is 2. The SMILES string of the molecule is C=C(C)CC(=O)C1CC2COCC(C1)N2C(=O)OC(C)(C)C. The lowest BCUT2D eigenvalue weighted by Gasteiger charge is -2.47. The molecule has 2 saturated heterocycles. The minimum atomic E-state index is -0.515. The number of fused-ring (bicyclic) bond motifs is 2. The number of ketones is 1. The van der Waals surface area contributed by atoms with E-state index in [1.54, 1.807) is 4.90 Å². The first kappa shape index (κ1) is 17.0. The van der Waals surface area contributed by atoms with Gasteiger partial charge in [0.1, 0.15) is 11.4 Å². The number of nitrogens with zero attached hydrogens (tertiary/aromatic N) is 1. The lowest BCUT2D eigenvalue weighted by Crippen LogP contribution is -2.60. The third-order valence-electron chi connectivity index (χ3n) is 4.06. The van der Waals surface area contributed by atoms with Crippen LogP contribution in [0.5, 0.6) is 0 Å². The van der Waals surface area contributed by atoms with Crippen LogP contribution in [-0.4, -0.2) is 47.7 Å². The highest BCUT2D eigenvalue weighted by atomic mass is 16.6. The highest BCUT2D eigenvalue weighted by molar-refractivity contribution is 5.83. The van der Waals surface area contributed by atoms with Crippen LogP contribution in [0.4, 0.5) is 4.79 Å². The second-order valence-electron chi connectivity index (χ2n) is 7.50. The number of piperidine rings is 1. The summed E-state index contributed by atoms with van der Waals surface area (Å²) in [5.74, 6) is 0.225. The Kier molecular flexibility index (Phi) is 4.95. The average Bonchev–Trinajstić information content (AvgIpc) is 2.34. The number of allylic oxidation sites excluding steroid dienone is 1. The predicted molar refractivity (Wildman–Crippen MR) is 83.6 cm³/mol. The van der Waals surface area contributed by atoms with Crippen molar-refractivity contribution in [1.29, 1.82) is 0 Å². The molecular weight excluding hydrogens is 282 g/mol. The Hall–Kier alpha value is -1.36. The summed E-state index contributed by atoms with van der Waals surface area (Å²) in [6, 6.07) is -0.136. The van der Waals surface area contributed by atoms with Gasteiger partial charge >= 0.3 is 6.09 Å². The van der Waals surface area contributed by atoms with Gasteiger partial charge in [-0.05, 0) is 40.5 Å². The zero-order chi connectivity index (χ0) is 16.5. The molecule has 124 valence electrons. The van der Waals surface area contributed by atoms with Gasteiger partial charge in [-0.3, -0.25) is 9.69 Å². The van der Waals surface area contributed by atoms with E-state index in [4.69, 9.17) is 9.47 Å². The quantitative estimate of drug-likeness (QED) is 0.752. The number of amides is 1. The second kappa shape index (κ2) is 6.41. The highest BCUT2D eigenvalue weighted by Crippen LogP contribution is 2.34. The van der Waals surface area contributed by atoms with Crippen LogP contribution in [0.15, 0.2) is 12.2 Å². The average molecular weight is 309 g/mol. The summed E-state index contributed by atoms with van der Waals surface area (Å²) in [5.41, 5.74) is 0.375. The number of morpholine rings is 1. The van der Waals surface area contributed by atoms with Crippen LogP contribution >= 0.6 is 0 Å². The van der Waals surface area contributed by atoms with E-state index in [2.05, 4.69) is 6.58 Å². The molecule has 0 spiro atoms. The molecule has 0 aromatic rings. The lowest BCUT2D eigenvalue weighted by atomic mass is 9.81. The van der Waals surface area contributed by atoms with Crippen molar-refractivity contribution in [2.45, 2.75) is 64.6 Å². The molecule has 5 heteroatoms. The largest absolute Gasteiger partial charge is 0.444 e. The van der Waals surface area contributed by atoms with Crippen LogP contribution in [0.2, 0.25) is 0 Å². The summed E-state index contributed by atoms with van der Waals surface area (Å²) < 4.78 is 11.1. The van der Waals surface area contributed by atoms with Crippen molar-refractivity contribution in [2.75, 3.05) is 13.2 Å². The molecule has 2 bridgehead atoms. The van der Waals surface area contributed by atoms with E-state index < -0.39 is 5.60 Å². The summed E-state index contributed by atoms with van der Waals surface area (Å²) in [7, 11) is 0. The van der Waals surface area contributed by atoms with Crippen molar-refractivity contribution in [3.63, 3.8) is 0 Å². The van der Waals surface area contributed by atoms with E-state index in [1.165, 1.54) is 0 Å². The smallest absolute Gasteiger partial charge is 0.410 e. The first-order chi connectivity index (χ1) is 10.2. The van der Waals surface area contributed by atoms with Crippen molar-refractivity contribution in [3.05, 3.63) is 12.2 Å². The Morgan fingerprint density at radius 3 is 2.23 bits per heavy atom. The van der Waals surface area contributed by atoms with Gasteiger partial charge in [0.15, 0.2) is 0 Å². The molecule has 0 N–H and O–H groups in total. The standard InChI is InChI=1S/C17H27NO4/c1-11(2)6-15(19)12-7-13-9-21-10-14(8-12)18(13)16(20)22-17(3,4)5/h12-14H,1,6-10H2,2-5H3. The van der Waals surface area contributed by atoms with E-state index in [-0.39, 0.29) is 29.9 Å². The van der Waals surface area contributed by atoms with Gasteiger partial charge in [-0.25, -0.2) is 4.79 Å². The van der Waals surface area contributed by atoms with Crippen molar-refractivity contribution in [2.24, 2.45) is 5.92 Å². The first-order valence-electron chi connectivity index (χ1n) is 7.93. The summed E-state index contributed by atoms with van der Waals surface area (Å²) in [4.78, 5) is 26.5. The Labute approximate surface area is 132 Å². The van der Waals surface area contributed by atoms with Crippen LogP contribution in [0.3, 0.4) is 0 Å². The Morgan fingerprint density at radius 1 is 1.23 bits per heavy atom. The number of hydrogen-bond acceptors (Lipinski definition) is 4. The maximum Gasteiger partial charge on any atom is 0.410 e. The van der Waals surface area contributed by atoms with Crippen molar-refractivity contribution >= 4 is 11.9 Å². The maximum atomic E-state index is 12.4. The summed E-state index contributed by atoms with van der Waals surface area (Å²) in [6.45, 7) is 12.2. The molecule has 0 aromatic heterocycles. The number of rotatable bonds is 3. The topological polar surface area (TPSA) is 55.8 Å². The van der Waals surface area contributed by atoms with Gasteiger partial charge in [0, 0.05) is 12.3 Å². The monoisotopic (exact) mass is 309 g/mol. The fourth-order valence-electron chi connectivity index (χ4n) is 3.23. The molecule has 0 aromatic carbocycles. The van der Waals surface area contributed by atoms with Crippen LogP contribution in [0.1, 0.15) is 47.0 Å². The number of Topliss-reactive ketones (excluding diaryl/α,β-unsaturated/α-hetero) is 1. The van der Waals surface area contributed by atoms with Gasteiger partial charge in [0.25, 0.3) is 0 Å². The van der Waals surface area contributed by atoms with E-state index in [0.29, 0.717) is 32.5 Å². The van der Waals surface area contributed by atoms with E-state index in [0.717, 1.165) is 5.57 Å². The zero-order valence-corrected chi connectivity index (χ0v) is 14.1. The normalized spacial score (nSPS) is 28.2. The molecule has 0 saturated carbocycles.